The molecule has 3 aromatic heterocycles. The van der Waals surface area contributed by atoms with E-state index in [0.717, 1.165) is 101 Å². The van der Waals surface area contributed by atoms with Gasteiger partial charge in [0.15, 0.2) is 24.7 Å². The Hall–Kier alpha value is -5.70. The number of nitrogens with zero attached hydrogens (tertiary/aromatic N) is 8. The molecule has 74 heavy (non-hydrogen) atoms. The van der Waals surface area contributed by atoms with E-state index >= 15 is 0 Å². The summed E-state index contributed by atoms with van der Waals surface area (Å²) in [6.45, 7) is 5.37. The topological polar surface area (TPSA) is 320 Å². The zero-order valence-corrected chi connectivity index (χ0v) is 41.8. The number of aromatic nitrogens is 8. The smallest absolute Gasteiger partial charge is 0.335 e. The fourth-order valence-electron chi connectivity index (χ4n) is 10.6. The Kier molecular flexibility index (Phi) is 16.5. The van der Waals surface area contributed by atoms with Gasteiger partial charge in [-0.3, -0.25) is 0 Å². The molecule has 3 aliphatic rings. The van der Waals surface area contributed by atoms with E-state index in [2.05, 4.69) is 87.4 Å². The lowest BCUT2D eigenvalue weighted by Crippen LogP contribution is -2.57. The molecule has 2 aliphatic heterocycles. The molecule has 10 unspecified atom stereocenters. The molecule has 1 aliphatic carbocycles. The van der Waals surface area contributed by atoms with Crippen molar-refractivity contribution in [2.24, 2.45) is 0 Å². The number of aryl methyl sites for hydroxylation is 2. The molecule has 2 fully saturated rings. The Morgan fingerprint density at radius 2 is 1.08 bits per heavy atom. The predicted molar refractivity (Wildman–Crippen MR) is 263 cm³/mol. The number of aliphatic hydroxyl groups is 6. The van der Waals surface area contributed by atoms with Gasteiger partial charge in [-0.2, -0.15) is 8.75 Å². The van der Waals surface area contributed by atoms with Crippen molar-refractivity contribution in [1.82, 2.24) is 38.7 Å². The van der Waals surface area contributed by atoms with Crippen LogP contribution in [0.25, 0.3) is 33.3 Å². The van der Waals surface area contributed by atoms with Crippen molar-refractivity contribution in [3.8, 4) is 22.3 Å². The van der Waals surface area contributed by atoms with Crippen molar-refractivity contribution in [2.75, 3.05) is 13.2 Å². The van der Waals surface area contributed by atoms with E-state index in [1.807, 2.05) is 0 Å². The van der Waals surface area contributed by atoms with Crippen molar-refractivity contribution < 1.29 is 69.4 Å². The van der Waals surface area contributed by atoms with E-state index in [1.165, 1.54) is 51.9 Å². The molecule has 6 aromatic rings. The Bertz CT molecular complexity index is 2810. The number of carboxylic acid groups (broad SMARTS) is 2. The van der Waals surface area contributed by atoms with E-state index in [4.69, 9.17) is 23.3 Å². The highest BCUT2D eigenvalue weighted by Crippen LogP contribution is 2.55. The van der Waals surface area contributed by atoms with Gasteiger partial charge >= 0.3 is 11.9 Å². The highest BCUT2D eigenvalue weighted by molar-refractivity contribution is 7.00. The van der Waals surface area contributed by atoms with Crippen LogP contribution in [0.4, 0.5) is 0 Å². The van der Waals surface area contributed by atoms with Gasteiger partial charge in [-0.25, -0.2) is 19.0 Å². The van der Waals surface area contributed by atoms with Crippen LogP contribution >= 0.6 is 11.7 Å². The Labute approximate surface area is 429 Å². The van der Waals surface area contributed by atoms with Gasteiger partial charge in [0.25, 0.3) is 0 Å². The summed E-state index contributed by atoms with van der Waals surface area (Å²) in [5, 5.41) is 96.3. The highest BCUT2D eigenvalue weighted by Gasteiger charge is 2.49. The number of unbranched alkanes of at least 4 members (excludes halogenated alkanes) is 6. The van der Waals surface area contributed by atoms with Gasteiger partial charge in [0.2, 0.25) is 0 Å². The number of carbonyl (C=O) groups is 2. The monoisotopic (exact) mass is 1040 g/mol. The van der Waals surface area contributed by atoms with Crippen LogP contribution in [0.2, 0.25) is 0 Å². The van der Waals surface area contributed by atoms with Crippen LogP contribution in [0.5, 0.6) is 0 Å². The first-order chi connectivity index (χ1) is 35.7. The van der Waals surface area contributed by atoms with E-state index in [9.17, 15) is 50.4 Å². The van der Waals surface area contributed by atoms with Crippen LogP contribution in [-0.4, -0.2) is 154 Å². The number of benzene rings is 3. The fraction of sp³-hybridized carbons (Fsp3) is 0.529. The number of hydrogen-bond acceptors (Lipinski definition) is 19. The highest BCUT2D eigenvalue weighted by atomic mass is 32.1. The molecule has 10 atom stereocenters. The van der Waals surface area contributed by atoms with Crippen LogP contribution in [-0.2, 0) is 47.2 Å². The fourth-order valence-corrected chi connectivity index (χ4v) is 11.2. The third-order valence-electron chi connectivity index (χ3n) is 14.5. The summed E-state index contributed by atoms with van der Waals surface area (Å²) in [5.41, 5.74) is 12.1. The molecule has 0 bridgehead atoms. The molecule has 0 saturated carbocycles. The van der Waals surface area contributed by atoms with Crippen LogP contribution < -0.4 is 0 Å². The first-order valence-electron chi connectivity index (χ1n) is 25.0. The molecule has 22 nitrogen and oxygen atoms in total. The molecule has 3 aromatic carbocycles. The van der Waals surface area contributed by atoms with Gasteiger partial charge in [0.05, 0.1) is 37.3 Å². The normalized spacial score (nSPS) is 26.6. The molecule has 5 heterocycles. The van der Waals surface area contributed by atoms with Gasteiger partial charge in [0.1, 0.15) is 59.0 Å². The maximum absolute atomic E-state index is 11.6. The van der Waals surface area contributed by atoms with Gasteiger partial charge in [0, 0.05) is 24.2 Å². The Morgan fingerprint density at radius 3 is 1.62 bits per heavy atom. The SMILES string of the molecule is Cc1ccc2c(c1)C(CCCCCCOCc1cn(C3OC(C(=O)O)C(O)C(O)C3O)nn1)(CCCCCCOCc1cn(C3OC(C(=O)O)C(O)C(O)C3O)nn1)c1cc(-c3ccc(C)c4nsnc34)ccc1-2. The molecule has 23 heteroatoms. The molecule has 0 spiro atoms. The second-order valence-corrected chi connectivity index (χ2v) is 20.1. The summed E-state index contributed by atoms with van der Waals surface area (Å²) < 4.78 is 34.1. The number of aliphatic carboxylic acids is 2. The van der Waals surface area contributed by atoms with Gasteiger partial charge in [-0.1, -0.05) is 97.0 Å². The average molecular weight is 1040 g/mol. The summed E-state index contributed by atoms with van der Waals surface area (Å²) in [5.74, 6) is -2.97. The van der Waals surface area contributed by atoms with Gasteiger partial charge in [-0.15, -0.1) is 10.2 Å². The lowest BCUT2D eigenvalue weighted by molar-refractivity contribution is -0.249. The third kappa shape index (κ3) is 10.9. The zero-order valence-electron chi connectivity index (χ0n) is 41.0. The molecule has 8 N–H and O–H groups in total. The number of carboxylic acids is 2. The molecule has 396 valence electrons. The minimum atomic E-state index is -1.81. The molecule has 2 saturated heterocycles. The van der Waals surface area contributed by atoms with Crippen molar-refractivity contribution in [3.05, 3.63) is 94.6 Å². The van der Waals surface area contributed by atoms with Crippen LogP contribution in [0.3, 0.4) is 0 Å². The standard InChI is InChI=1S/C51H62N8O14S/c1-27-11-14-33-34-16-13-29(32-15-12-28(2)37-38(32)55-74-54-37)22-36(34)51(35(33)21-27,17-7-3-5-9-19-70-25-30-23-58(56-52-30)47-43(64)39(60)41(62)45(72-47)49(66)67)18-8-4-6-10-20-71-26-31-24-59(57-53-31)48-44(65)40(61)42(63)46(73-48)50(68)69/h11-16,21-24,39-48,60-65H,3-10,17-20,25-26H2,1-2H3,(H,66,67)(H,68,69). The first kappa shape index (κ1) is 53.1. The molecule has 0 radical (unpaired) electrons. The molecular weight excluding hydrogens is 981 g/mol. The van der Waals surface area contributed by atoms with Crippen molar-refractivity contribution >= 4 is 34.7 Å². The molecule has 9 rings (SSSR count). The minimum Gasteiger partial charge on any atom is -0.479 e. The number of rotatable bonds is 23. The number of hydrogen-bond donors (Lipinski definition) is 8. The summed E-state index contributed by atoms with van der Waals surface area (Å²) in [7, 11) is 0. The second-order valence-electron chi connectivity index (χ2n) is 19.6. The van der Waals surface area contributed by atoms with E-state index in [0.29, 0.717) is 24.6 Å². The second kappa shape index (κ2) is 23.0. The largest absolute Gasteiger partial charge is 0.479 e. The predicted octanol–water partition coefficient (Wildman–Crippen LogP) is 3.89. The minimum absolute atomic E-state index is 0.118. The van der Waals surface area contributed by atoms with Crippen LogP contribution in [0.1, 0.15) is 110 Å². The number of ether oxygens (including phenoxy) is 4. The summed E-state index contributed by atoms with van der Waals surface area (Å²) in [4.78, 5) is 23.1. The summed E-state index contributed by atoms with van der Waals surface area (Å²) in [6, 6.07) is 17.9. The molecule has 0 amide bonds. The average Bonchev–Trinajstić information content (AvgIpc) is 4.22. The Balaban J connectivity index is 0.819. The Morgan fingerprint density at radius 1 is 0.595 bits per heavy atom. The maximum Gasteiger partial charge on any atom is 0.335 e. The van der Waals surface area contributed by atoms with E-state index in [-0.39, 0.29) is 18.6 Å². The van der Waals surface area contributed by atoms with Gasteiger partial charge < -0.3 is 59.8 Å². The number of aliphatic hydroxyl groups excluding tert-OH is 6. The van der Waals surface area contributed by atoms with Crippen molar-refractivity contribution in [3.63, 3.8) is 0 Å². The molecular formula is C51H62N8O14S. The maximum atomic E-state index is 11.6. The zero-order chi connectivity index (χ0) is 52.3. The summed E-state index contributed by atoms with van der Waals surface area (Å²) >= 11 is 1.23. The number of fused-ring (bicyclic) bond motifs is 4. The lowest BCUT2D eigenvalue weighted by Gasteiger charge is -2.38. The first-order valence-corrected chi connectivity index (χ1v) is 25.7. The van der Waals surface area contributed by atoms with E-state index < -0.39 is 73.2 Å². The van der Waals surface area contributed by atoms with Crippen LogP contribution in [0, 0.1) is 13.8 Å². The van der Waals surface area contributed by atoms with Crippen molar-refractivity contribution in [2.45, 2.75) is 158 Å². The van der Waals surface area contributed by atoms with E-state index in [1.54, 1.807) is 0 Å². The third-order valence-corrected chi connectivity index (χ3v) is 15.1. The van der Waals surface area contributed by atoms with Crippen molar-refractivity contribution in [1.29, 1.82) is 0 Å². The summed E-state index contributed by atoms with van der Waals surface area (Å²) in [6.07, 6.45) is -4.49. The van der Waals surface area contributed by atoms with Crippen LogP contribution in [0.15, 0.2) is 60.9 Å². The van der Waals surface area contributed by atoms with Gasteiger partial charge in [-0.05, 0) is 79.0 Å². The quantitative estimate of drug-likeness (QED) is 0.0422. The lowest BCUT2D eigenvalue weighted by atomic mass is 9.70.